The molecule has 1 nitrogen and oxygen atoms in total. The molecule has 0 radical (unpaired) electrons. The van der Waals surface area contributed by atoms with E-state index in [0.29, 0.717) is 5.02 Å². The van der Waals surface area contributed by atoms with Crippen molar-refractivity contribution in [1.82, 2.24) is 0 Å². The molecule has 0 amide bonds. The van der Waals surface area contributed by atoms with Crippen LogP contribution in [0.15, 0.2) is 109 Å². The van der Waals surface area contributed by atoms with Crippen molar-refractivity contribution >= 4 is 22.4 Å². The first-order valence-electron chi connectivity index (χ1n) is 10.4. The normalized spacial score (nSPS) is 16.8. The molecule has 1 atom stereocenters. The summed E-state index contributed by atoms with van der Waals surface area (Å²) in [4.78, 5) is 0. The van der Waals surface area contributed by atoms with Crippen molar-refractivity contribution in [2.75, 3.05) is 0 Å². The maximum atomic E-state index is 12.6. The molecule has 5 aromatic carbocycles. The van der Waals surface area contributed by atoms with Crippen LogP contribution in [0.2, 0.25) is 5.02 Å². The minimum absolute atomic E-state index is 0.696. The van der Waals surface area contributed by atoms with Crippen molar-refractivity contribution in [1.29, 1.82) is 0 Å². The van der Waals surface area contributed by atoms with Crippen LogP contribution in [-0.2, 0) is 5.60 Å². The van der Waals surface area contributed by atoms with E-state index in [2.05, 4.69) is 42.5 Å². The van der Waals surface area contributed by atoms with Crippen molar-refractivity contribution in [2.45, 2.75) is 5.60 Å². The highest BCUT2D eigenvalue weighted by molar-refractivity contribution is 6.30. The van der Waals surface area contributed by atoms with E-state index in [9.17, 15) is 5.11 Å². The molecule has 0 heterocycles. The number of rotatable bonds is 2. The topological polar surface area (TPSA) is 20.2 Å². The van der Waals surface area contributed by atoms with Crippen LogP contribution in [0.4, 0.5) is 0 Å². The first-order valence-corrected chi connectivity index (χ1v) is 10.8. The van der Waals surface area contributed by atoms with Gasteiger partial charge in [-0.1, -0.05) is 109 Å². The van der Waals surface area contributed by atoms with E-state index in [1.165, 1.54) is 0 Å². The molecule has 1 unspecified atom stereocenters. The van der Waals surface area contributed by atoms with Crippen LogP contribution in [0.1, 0.15) is 16.7 Å². The standard InChI is InChI=1S/C29H19ClO/c30-21-17-15-19(16-18-21)22-9-1-3-12-25(22)29(31)26-13-4-2-10-23(26)24-11-5-7-20-8-6-14-27(29)28(20)24/h1-18,31H. The van der Waals surface area contributed by atoms with Crippen LogP contribution in [0.3, 0.4) is 0 Å². The predicted molar refractivity (Wildman–Crippen MR) is 128 cm³/mol. The molecule has 2 heteroatoms. The molecular weight excluding hydrogens is 400 g/mol. The zero-order chi connectivity index (χ0) is 21.0. The first-order chi connectivity index (χ1) is 15.2. The summed E-state index contributed by atoms with van der Waals surface area (Å²) in [6.07, 6.45) is 0. The molecule has 0 spiro atoms. The SMILES string of the molecule is OC1(c2ccccc2-c2ccc(Cl)cc2)c2ccccc2-c2cccc3cccc1c23. The fourth-order valence-corrected chi connectivity index (χ4v) is 5.14. The lowest BCUT2D eigenvalue weighted by Crippen LogP contribution is -2.32. The summed E-state index contributed by atoms with van der Waals surface area (Å²) < 4.78 is 0. The Morgan fingerprint density at radius 3 is 1.81 bits per heavy atom. The number of hydrogen-bond acceptors (Lipinski definition) is 1. The highest BCUT2D eigenvalue weighted by Crippen LogP contribution is 2.52. The quantitative estimate of drug-likeness (QED) is 0.316. The highest BCUT2D eigenvalue weighted by Gasteiger charge is 2.42. The molecule has 0 saturated carbocycles. The van der Waals surface area contributed by atoms with Crippen molar-refractivity contribution in [2.24, 2.45) is 0 Å². The van der Waals surface area contributed by atoms with Crippen molar-refractivity contribution in [3.8, 4) is 22.3 Å². The van der Waals surface area contributed by atoms with Gasteiger partial charge in [0.25, 0.3) is 0 Å². The zero-order valence-corrected chi connectivity index (χ0v) is 17.5. The van der Waals surface area contributed by atoms with Crippen molar-refractivity contribution in [3.05, 3.63) is 131 Å². The molecule has 0 saturated heterocycles. The third kappa shape index (κ3) is 2.61. The average molecular weight is 419 g/mol. The molecule has 5 aromatic rings. The average Bonchev–Trinajstić information content (AvgIpc) is 2.83. The smallest absolute Gasteiger partial charge is 0.142 e. The van der Waals surface area contributed by atoms with Crippen LogP contribution >= 0.6 is 11.6 Å². The lowest BCUT2D eigenvalue weighted by Gasteiger charge is -2.38. The van der Waals surface area contributed by atoms with Gasteiger partial charge in [-0.15, -0.1) is 0 Å². The number of fused-ring (bicyclic) bond motifs is 2. The molecule has 0 bridgehead atoms. The van der Waals surface area contributed by atoms with Gasteiger partial charge >= 0.3 is 0 Å². The van der Waals surface area contributed by atoms with E-state index >= 15 is 0 Å². The van der Waals surface area contributed by atoms with E-state index in [1.807, 2.05) is 66.7 Å². The Morgan fingerprint density at radius 2 is 1.06 bits per heavy atom. The Hall–Kier alpha value is -3.39. The van der Waals surface area contributed by atoms with Gasteiger partial charge in [0.2, 0.25) is 0 Å². The molecule has 1 aliphatic rings. The van der Waals surface area contributed by atoms with Crippen LogP contribution in [0, 0.1) is 0 Å². The molecule has 1 N–H and O–H groups in total. The number of hydrogen-bond donors (Lipinski definition) is 1. The fraction of sp³-hybridized carbons (Fsp3) is 0.0345. The minimum Gasteiger partial charge on any atom is -0.376 e. The van der Waals surface area contributed by atoms with Gasteiger partial charge in [0.05, 0.1) is 0 Å². The van der Waals surface area contributed by atoms with E-state index in [0.717, 1.165) is 49.7 Å². The van der Waals surface area contributed by atoms with E-state index in [-0.39, 0.29) is 0 Å². The van der Waals surface area contributed by atoms with Gasteiger partial charge in [0, 0.05) is 21.7 Å². The summed E-state index contributed by atoms with van der Waals surface area (Å²) in [5.74, 6) is 0. The maximum absolute atomic E-state index is 12.6. The molecule has 148 valence electrons. The first kappa shape index (κ1) is 18.4. The maximum Gasteiger partial charge on any atom is 0.142 e. The van der Waals surface area contributed by atoms with Crippen LogP contribution in [0.25, 0.3) is 33.0 Å². The van der Waals surface area contributed by atoms with Gasteiger partial charge < -0.3 is 5.11 Å². The van der Waals surface area contributed by atoms with Crippen LogP contribution in [-0.4, -0.2) is 5.11 Å². The zero-order valence-electron chi connectivity index (χ0n) is 16.7. The third-order valence-corrected chi connectivity index (χ3v) is 6.63. The second-order valence-corrected chi connectivity index (χ2v) is 8.45. The van der Waals surface area contributed by atoms with Crippen molar-refractivity contribution in [3.63, 3.8) is 0 Å². The van der Waals surface area contributed by atoms with Gasteiger partial charge in [0.15, 0.2) is 0 Å². The van der Waals surface area contributed by atoms with E-state index in [4.69, 9.17) is 11.6 Å². The van der Waals surface area contributed by atoms with E-state index < -0.39 is 5.60 Å². The van der Waals surface area contributed by atoms with Gasteiger partial charge in [0.1, 0.15) is 5.60 Å². The monoisotopic (exact) mass is 418 g/mol. The number of benzene rings is 5. The summed E-state index contributed by atoms with van der Waals surface area (Å²) in [5.41, 5.74) is 5.66. The fourth-order valence-electron chi connectivity index (χ4n) is 5.02. The van der Waals surface area contributed by atoms with Crippen LogP contribution in [0.5, 0.6) is 0 Å². The Kier molecular flexibility index (Phi) is 4.04. The van der Waals surface area contributed by atoms with Crippen molar-refractivity contribution < 1.29 is 5.11 Å². The van der Waals surface area contributed by atoms with Gasteiger partial charge in [-0.3, -0.25) is 0 Å². The number of aliphatic hydroxyl groups is 1. The molecular formula is C29H19ClO. The third-order valence-electron chi connectivity index (χ3n) is 6.37. The lowest BCUT2D eigenvalue weighted by molar-refractivity contribution is 0.128. The predicted octanol–water partition coefficient (Wildman–Crippen LogP) is 7.42. The Balaban J connectivity index is 1.74. The van der Waals surface area contributed by atoms with Gasteiger partial charge in [-0.2, -0.15) is 0 Å². The second-order valence-electron chi connectivity index (χ2n) is 8.02. The molecule has 0 aromatic heterocycles. The van der Waals surface area contributed by atoms with E-state index in [1.54, 1.807) is 0 Å². The summed E-state index contributed by atoms with van der Waals surface area (Å²) >= 11 is 6.14. The molecule has 1 aliphatic carbocycles. The highest BCUT2D eigenvalue weighted by atomic mass is 35.5. The minimum atomic E-state index is -1.28. The summed E-state index contributed by atoms with van der Waals surface area (Å²) in [6, 6.07) is 36.7. The largest absolute Gasteiger partial charge is 0.376 e. The Labute approximate surface area is 186 Å². The molecule has 0 fully saturated rings. The summed E-state index contributed by atoms with van der Waals surface area (Å²) in [6.45, 7) is 0. The second kappa shape index (κ2) is 6.81. The van der Waals surface area contributed by atoms with Gasteiger partial charge in [-0.25, -0.2) is 0 Å². The molecule has 31 heavy (non-hydrogen) atoms. The summed E-state index contributed by atoms with van der Waals surface area (Å²) in [5, 5.41) is 15.6. The van der Waals surface area contributed by atoms with Crippen LogP contribution < -0.4 is 0 Å². The lowest BCUT2D eigenvalue weighted by atomic mass is 9.69. The Morgan fingerprint density at radius 1 is 0.516 bits per heavy atom. The number of halogens is 1. The molecule has 6 rings (SSSR count). The molecule has 0 aliphatic heterocycles. The van der Waals surface area contributed by atoms with Gasteiger partial charge in [-0.05, 0) is 45.2 Å². The summed E-state index contributed by atoms with van der Waals surface area (Å²) in [7, 11) is 0. The Bertz CT molecular complexity index is 1450.